The molecule has 0 radical (unpaired) electrons. The molecule has 3 fully saturated rings. The smallest absolute Gasteiger partial charge is 0.243 e. The van der Waals surface area contributed by atoms with Gasteiger partial charge in [-0.2, -0.15) is 0 Å². The van der Waals surface area contributed by atoms with Crippen LogP contribution >= 0.6 is 11.6 Å². The van der Waals surface area contributed by atoms with E-state index >= 15 is 0 Å². The van der Waals surface area contributed by atoms with Crippen LogP contribution in [0.2, 0.25) is 5.15 Å². The van der Waals surface area contributed by atoms with E-state index < -0.39 is 10.0 Å². The van der Waals surface area contributed by atoms with Gasteiger partial charge in [-0.15, -0.1) is 0 Å². The second-order valence-corrected chi connectivity index (χ2v) is 7.97. The van der Waals surface area contributed by atoms with Gasteiger partial charge in [0.05, 0.1) is 0 Å². The first-order valence-corrected chi connectivity index (χ1v) is 8.57. The van der Waals surface area contributed by atoms with Gasteiger partial charge in [0.25, 0.3) is 0 Å². The van der Waals surface area contributed by atoms with Gasteiger partial charge in [-0.05, 0) is 55.1 Å². The average molecular weight is 299 g/mol. The molecule has 4 atom stereocenters. The van der Waals surface area contributed by atoms with Gasteiger partial charge in [0.1, 0.15) is 10.0 Å². The van der Waals surface area contributed by atoms with Gasteiger partial charge >= 0.3 is 0 Å². The molecule has 0 spiro atoms. The Balaban J connectivity index is 1.57. The largest absolute Gasteiger partial charge is 0.243 e. The van der Waals surface area contributed by atoms with Gasteiger partial charge in [-0.1, -0.05) is 11.6 Å². The molecule has 1 aromatic rings. The Bertz CT molecular complexity index is 617. The number of nitrogens with one attached hydrogen (secondary N) is 1. The van der Waals surface area contributed by atoms with E-state index in [1.54, 1.807) is 6.07 Å². The van der Waals surface area contributed by atoms with Crippen molar-refractivity contribution >= 4 is 21.6 Å². The van der Waals surface area contributed by atoms with Crippen molar-refractivity contribution in [2.75, 3.05) is 0 Å². The minimum absolute atomic E-state index is 0.0452. The van der Waals surface area contributed by atoms with Crippen molar-refractivity contribution in [3.8, 4) is 0 Å². The van der Waals surface area contributed by atoms with Crippen molar-refractivity contribution in [3.63, 3.8) is 0 Å². The molecule has 1 N–H and O–H groups in total. The van der Waals surface area contributed by atoms with Crippen molar-refractivity contribution < 1.29 is 8.42 Å². The predicted molar refractivity (Wildman–Crippen MR) is 71.2 cm³/mol. The van der Waals surface area contributed by atoms with Crippen LogP contribution in [0.1, 0.15) is 19.3 Å². The Hall–Kier alpha value is -0.650. The Morgan fingerprint density at radius 2 is 1.95 bits per heavy atom. The van der Waals surface area contributed by atoms with Crippen LogP contribution in [0, 0.1) is 23.7 Å². The van der Waals surface area contributed by atoms with Gasteiger partial charge in [0.2, 0.25) is 10.0 Å². The number of hydrogen-bond acceptors (Lipinski definition) is 3. The summed E-state index contributed by atoms with van der Waals surface area (Å²) in [4.78, 5) is 3.93. The molecule has 4 nitrogen and oxygen atoms in total. The Morgan fingerprint density at radius 3 is 2.58 bits per heavy atom. The number of aromatic nitrogens is 1. The van der Waals surface area contributed by atoms with Crippen LogP contribution in [-0.2, 0) is 10.0 Å². The van der Waals surface area contributed by atoms with Crippen molar-refractivity contribution in [1.82, 2.24) is 9.71 Å². The van der Waals surface area contributed by atoms with Gasteiger partial charge in [-0.3, -0.25) is 0 Å². The second-order valence-electron chi connectivity index (χ2n) is 5.93. The van der Waals surface area contributed by atoms with Gasteiger partial charge in [-0.25, -0.2) is 18.1 Å². The molecule has 0 aliphatic heterocycles. The maximum absolute atomic E-state index is 12.3. The molecule has 0 amide bonds. The van der Waals surface area contributed by atoms with Gasteiger partial charge in [0.15, 0.2) is 0 Å². The summed E-state index contributed by atoms with van der Waals surface area (Å²) in [6.07, 6.45) is 5.35. The maximum Gasteiger partial charge on any atom is 0.243 e. The van der Waals surface area contributed by atoms with E-state index in [0.29, 0.717) is 11.8 Å². The highest BCUT2D eigenvalue weighted by Gasteiger charge is 2.65. The standard InChI is InChI=1S/C13H15ClN2O2S/c14-13-9(2-1-5-15-13)19(17,18)16-12-10-7-3-4-8(6-7)11(10)12/h1-2,5,7-8,10-12,16H,3-4,6H2. The first-order valence-electron chi connectivity index (χ1n) is 6.71. The first kappa shape index (κ1) is 12.1. The molecule has 6 heteroatoms. The number of hydrogen-bond donors (Lipinski definition) is 1. The molecule has 1 heterocycles. The molecular formula is C13H15ClN2O2S. The zero-order valence-corrected chi connectivity index (χ0v) is 11.9. The number of pyridine rings is 1. The quantitative estimate of drug-likeness (QED) is 0.869. The molecule has 0 saturated heterocycles. The van der Waals surface area contributed by atoms with Crippen LogP contribution in [0.25, 0.3) is 0 Å². The Labute approximate surface area is 117 Å². The third-order valence-corrected chi connectivity index (χ3v) is 6.95. The SMILES string of the molecule is O=S(=O)(NC1C2C3CCC(C3)C12)c1cccnc1Cl. The topological polar surface area (TPSA) is 59.1 Å². The highest BCUT2D eigenvalue weighted by Crippen LogP contribution is 2.65. The molecule has 3 aliphatic rings. The van der Waals surface area contributed by atoms with Crippen LogP contribution in [0.15, 0.2) is 23.2 Å². The lowest BCUT2D eigenvalue weighted by atomic mass is 10.0. The van der Waals surface area contributed by atoms with E-state index in [9.17, 15) is 8.42 Å². The maximum atomic E-state index is 12.3. The lowest BCUT2D eigenvalue weighted by molar-refractivity contribution is 0.456. The summed E-state index contributed by atoms with van der Waals surface area (Å²) in [6, 6.07) is 3.23. The summed E-state index contributed by atoms with van der Waals surface area (Å²) in [7, 11) is -3.53. The molecule has 19 heavy (non-hydrogen) atoms. The predicted octanol–water partition coefficient (Wildman–Crippen LogP) is 2.06. The van der Waals surface area contributed by atoms with Crippen molar-refractivity contribution in [3.05, 3.63) is 23.5 Å². The molecule has 3 saturated carbocycles. The Morgan fingerprint density at radius 1 is 1.26 bits per heavy atom. The minimum Gasteiger partial charge on any atom is -0.243 e. The van der Waals surface area contributed by atoms with Gasteiger partial charge < -0.3 is 0 Å². The minimum atomic E-state index is -3.53. The van der Waals surface area contributed by atoms with Crippen LogP contribution in [0.5, 0.6) is 0 Å². The molecule has 4 unspecified atom stereocenters. The molecule has 1 aromatic heterocycles. The molecule has 3 aliphatic carbocycles. The molecule has 4 rings (SSSR count). The van der Waals surface area contributed by atoms with E-state index in [2.05, 4.69) is 9.71 Å². The van der Waals surface area contributed by atoms with E-state index in [0.717, 1.165) is 11.8 Å². The van der Waals surface area contributed by atoms with Crippen molar-refractivity contribution in [2.24, 2.45) is 23.7 Å². The molecular weight excluding hydrogens is 284 g/mol. The fourth-order valence-corrected chi connectivity index (χ4v) is 6.05. The zero-order valence-electron chi connectivity index (χ0n) is 10.3. The summed E-state index contributed by atoms with van der Waals surface area (Å²) in [5, 5.41) is 0.0452. The highest BCUT2D eigenvalue weighted by molar-refractivity contribution is 7.89. The summed E-state index contributed by atoms with van der Waals surface area (Å²) in [6.45, 7) is 0. The molecule has 102 valence electrons. The van der Waals surface area contributed by atoms with E-state index in [1.807, 2.05) is 0 Å². The van der Waals surface area contributed by atoms with E-state index in [4.69, 9.17) is 11.6 Å². The molecule has 2 bridgehead atoms. The lowest BCUT2D eigenvalue weighted by Crippen LogP contribution is -2.30. The average Bonchev–Trinajstić information content (AvgIpc) is 2.77. The summed E-state index contributed by atoms with van der Waals surface area (Å²) >= 11 is 5.87. The van der Waals surface area contributed by atoms with Crippen molar-refractivity contribution in [2.45, 2.75) is 30.2 Å². The number of fused-ring (bicyclic) bond motifs is 5. The van der Waals surface area contributed by atoms with Crippen molar-refractivity contribution in [1.29, 1.82) is 0 Å². The highest BCUT2D eigenvalue weighted by atomic mass is 35.5. The van der Waals surface area contributed by atoms with Crippen LogP contribution in [-0.4, -0.2) is 19.4 Å². The summed E-state index contributed by atoms with van der Waals surface area (Å²) < 4.78 is 27.5. The number of halogens is 1. The fourth-order valence-electron chi connectivity index (χ4n) is 4.30. The first-order chi connectivity index (χ1) is 9.08. The van der Waals surface area contributed by atoms with Crippen LogP contribution in [0.4, 0.5) is 0 Å². The second kappa shape index (κ2) is 3.93. The monoisotopic (exact) mass is 298 g/mol. The van der Waals surface area contributed by atoms with Crippen LogP contribution < -0.4 is 4.72 Å². The summed E-state index contributed by atoms with van der Waals surface area (Å²) in [5.74, 6) is 2.63. The molecule has 0 aromatic carbocycles. The van der Waals surface area contributed by atoms with E-state index in [-0.39, 0.29) is 16.1 Å². The fraction of sp³-hybridized carbons (Fsp3) is 0.615. The normalized spacial score (nSPS) is 39.3. The lowest BCUT2D eigenvalue weighted by Gasteiger charge is -2.11. The number of sulfonamides is 1. The zero-order chi connectivity index (χ0) is 13.2. The van der Waals surface area contributed by atoms with E-state index in [1.165, 1.54) is 31.5 Å². The number of nitrogens with zero attached hydrogens (tertiary/aromatic N) is 1. The Kier molecular flexibility index (Phi) is 2.51. The third kappa shape index (κ3) is 1.75. The van der Waals surface area contributed by atoms with Gasteiger partial charge in [0, 0.05) is 12.2 Å². The third-order valence-electron chi connectivity index (χ3n) is 5.04. The summed E-state index contributed by atoms with van der Waals surface area (Å²) in [5.41, 5.74) is 0. The number of rotatable bonds is 3. The van der Waals surface area contributed by atoms with Crippen LogP contribution in [0.3, 0.4) is 0 Å².